The van der Waals surface area contributed by atoms with Crippen LogP contribution in [0.1, 0.15) is 38.2 Å². The van der Waals surface area contributed by atoms with Gasteiger partial charge in [0.05, 0.1) is 0 Å². The van der Waals surface area contributed by atoms with E-state index in [-0.39, 0.29) is 0 Å². The van der Waals surface area contributed by atoms with Crippen LogP contribution in [0, 0.1) is 0 Å². The van der Waals surface area contributed by atoms with Gasteiger partial charge in [0.1, 0.15) is 0 Å². The van der Waals surface area contributed by atoms with Crippen LogP contribution in [0.25, 0.3) is 0 Å². The quantitative estimate of drug-likeness (QED) is 0.673. The molecule has 0 amide bonds. The Morgan fingerprint density at radius 2 is 1.87 bits per heavy atom. The molecule has 1 aromatic rings. The Labute approximate surface area is 93.9 Å². The monoisotopic (exact) mass is 205 g/mol. The second-order valence-electron chi connectivity index (χ2n) is 4.17. The summed E-state index contributed by atoms with van der Waals surface area (Å²) in [6.45, 7) is 2.26. The third-order valence-corrected chi connectivity index (χ3v) is 2.89. The molecule has 84 valence electrons. The first kappa shape index (κ1) is 12.3. The van der Waals surface area contributed by atoms with E-state index in [9.17, 15) is 0 Å². The minimum absolute atomic E-state index is 0.638. The van der Waals surface area contributed by atoms with E-state index >= 15 is 0 Å². The van der Waals surface area contributed by atoms with Gasteiger partial charge >= 0.3 is 0 Å². The lowest BCUT2D eigenvalue weighted by atomic mass is 10.0. The first-order valence-corrected chi connectivity index (χ1v) is 6.08. The number of hydrogen-bond donors (Lipinski definition) is 1. The van der Waals surface area contributed by atoms with Gasteiger partial charge in [-0.1, -0.05) is 56.5 Å². The van der Waals surface area contributed by atoms with Crippen molar-refractivity contribution in [2.24, 2.45) is 0 Å². The van der Waals surface area contributed by atoms with Crippen molar-refractivity contribution in [2.75, 3.05) is 7.05 Å². The molecule has 1 N–H and O–H groups in total. The molecule has 0 aliphatic rings. The van der Waals surface area contributed by atoms with E-state index in [2.05, 4.69) is 49.6 Å². The zero-order valence-electron chi connectivity index (χ0n) is 10.00. The van der Waals surface area contributed by atoms with Crippen LogP contribution >= 0.6 is 0 Å². The summed E-state index contributed by atoms with van der Waals surface area (Å²) in [6, 6.07) is 11.4. The molecule has 1 rings (SSSR count). The minimum atomic E-state index is 0.638. The highest BCUT2D eigenvalue weighted by atomic mass is 14.9. The van der Waals surface area contributed by atoms with Crippen LogP contribution in [0.15, 0.2) is 30.3 Å². The van der Waals surface area contributed by atoms with Crippen LogP contribution in [0.4, 0.5) is 0 Å². The number of nitrogens with one attached hydrogen (secondary N) is 1. The summed E-state index contributed by atoms with van der Waals surface area (Å²) in [5.74, 6) is 0. The molecule has 0 saturated carbocycles. The topological polar surface area (TPSA) is 12.0 Å². The summed E-state index contributed by atoms with van der Waals surface area (Å²) in [7, 11) is 2.07. The molecule has 15 heavy (non-hydrogen) atoms. The second kappa shape index (κ2) is 7.47. The Morgan fingerprint density at radius 1 is 1.13 bits per heavy atom. The highest BCUT2D eigenvalue weighted by Gasteiger charge is 2.05. The lowest BCUT2D eigenvalue weighted by Gasteiger charge is -2.15. The summed E-state index contributed by atoms with van der Waals surface area (Å²) in [5.41, 5.74) is 1.44. The highest BCUT2D eigenvalue weighted by Crippen LogP contribution is 2.09. The van der Waals surface area contributed by atoms with Crippen molar-refractivity contribution in [3.8, 4) is 0 Å². The van der Waals surface area contributed by atoms with Crippen LogP contribution in [0.3, 0.4) is 0 Å². The number of likely N-dealkylation sites (N-methyl/N-ethyl adjacent to an activating group) is 1. The first-order valence-electron chi connectivity index (χ1n) is 6.08. The van der Waals surface area contributed by atoms with Crippen molar-refractivity contribution in [1.82, 2.24) is 5.32 Å². The number of rotatable bonds is 7. The molecule has 0 aliphatic heterocycles. The van der Waals surface area contributed by atoms with Gasteiger partial charge in [-0.3, -0.25) is 0 Å². The van der Waals surface area contributed by atoms with Crippen LogP contribution in [-0.2, 0) is 6.42 Å². The van der Waals surface area contributed by atoms with Gasteiger partial charge in [-0.05, 0) is 25.5 Å². The standard InChI is InChI=1S/C14H23N/c1-3-4-6-11-14(15-2)12-13-9-7-5-8-10-13/h5,7-10,14-15H,3-4,6,11-12H2,1-2H3. The SMILES string of the molecule is CCCCCC(Cc1ccccc1)NC. The Bertz CT molecular complexity index is 243. The van der Waals surface area contributed by atoms with Crippen LogP contribution in [0.2, 0.25) is 0 Å². The number of unbranched alkanes of at least 4 members (excludes halogenated alkanes) is 2. The summed E-state index contributed by atoms with van der Waals surface area (Å²) in [5, 5.41) is 3.41. The molecule has 0 spiro atoms. The van der Waals surface area contributed by atoms with Crippen molar-refractivity contribution >= 4 is 0 Å². The molecule has 0 aromatic heterocycles. The molecule has 0 heterocycles. The lowest BCUT2D eigenvalue weighted by Crippen LogP contribution is -2.27. The molecule has 0 saturated heterocycles. The average molecular weight is 205 g/mol. The zero-order valence-corrected chi connectivity index (χ0v) is 10.00. The fraction of sp³-hybridized carbons (Fsp3) is 0.571. The summed E-state index contributed by atoms with van der Waals surface area (Å²) in [4.78, 5) is 0. The molecule has 1 heteroatoms. The first-order chi connectivity index (χ1) is 7.36. The molecule has 1 nitrogen and oxygen atoms in total. The van der Waals surface area contributed by atoms with Gasteiger partial charge in [0, 0.05) is 6.04 Å². The van der Waals surface area contributed by atoms with E-state index in [0.29, 0.717) is 6.04 Å². The van der Waals surface area contributed by atoms with E-state index in [0.717, 1.165) is 6.42 Å². The van der Waals surface area contributed by atoms with Gasteiger partial charge in [-0.15, -0.1) is 0 Å². The molecule has 1 unspecified atom stereocenters. The van der Waals surface area contributed by atoms with E-state index in [1.807, 2.05) is 0 Å². The second-order valence-corrected chi connectivity index (χ2v) is 4.17. The van der Waals surface area contributed by atoms with E-state index < -0.39 is 0 Å². The predicted octanol–water partition coefficient (Wildman–Crippen LogP) is 3.40. The van der Waals surface area contributed by atoms with Crippen molar-refractivity contribution in [3.05, 3.63) is 35.9 Å². The van der Waals surface area contributed by atoms with Crippen molar-refractivity contribution < 1.29 is 0 Å². The van der Waals surface area contributed by atoms with Crippen LogP contribution in [-0.4, -0.2) is 13.1 Å². The summed E-state index contributed by atoms with van der Waals surface area (Å²) < 4.78 is 0. The molecule has 0 fully saturated rings. The van der Waals surface area contributed by atoms with Crippen molar-refractivity contribution in [1.29, 1.82) is 0 Å². The van der Waals surface area contributed by atoms with Gasteiger partial charge in [-0.2, -0.15) is 0 Å². The number of benzene rings is 1. The predicted molar refractivity (Wildman–Crippen MR) is 67.1 cm³/mol. The fourth-order valence-corrected chi connectivity index (χ4v) is 1.89. The Morgan fingerprint density at radius 3 is 2.47 bits per heavy atom. The number of hydrogen-bond acceptors (Lipinski definition) is 1. The van der Waals surface area contributed by atoms with Crippen LogP contribution in [0.5, 0.6) is 0 Å². The highest BCUT2D eigenvalue weighted by molar-refractivity contribution is 5.15. The minimum Gasteiger partial charge on any atom is -0.317 e. The van der Waals surface area contributed by atoms with E-state index in [1.54, 1.807) is 0 Å². The molecule has 0 aliphatic carbocycles. The molecule has 1 aromatic carbocycles. The maximum Gasteiger partial charge on any atom is 0.0104 e. The summed E-state index contributed by atoms with van der Waals surface area (Å²) >= 11 is 0. The largest absolute Gasteiger partial charge is 0.317 e. The van der Waals surface area contributed by atoms with Gasteiger partial charge in [0.15, 0.2) is 0 Å². The Kier molecular flexibility index (Phi) is 6.10. The van der Waals surface area contributed by atoms with Gasteiger partial charge in [0.2, 0.25) is 0 Å². The lowest BCUT2D eigenvalue weighted by molar-refractivity contribution is 0.490. The van der Waals surface area contributed by atoms with E-state index in [4.69, 9.17) is 0 Å². The smallest absolute Gasteiger partial charge is 0.0104 e. The third-order valence-electron chi connectivity index (χ3n) is 2.89. The van der Waals surface area contributed by atoms with Crippen molar-refractivity contribution in [2.45, 2.75) is 45.1 Å². The molecule has 1 atom stereocenters. The maximum absolute atomic E-state index is 3.41. The van der Waals surface area contributed by atoms with Gasteiger partial charge < -0.3 is 5.32 Å². The van der Waals surface area contributed by atoms with Gasteiger partial charge in [-0.25, -0.2) is 0 Å². The Hall–Kier alpha value is -0.820. The fourth-order valence-electron chi connectivity index (χ4n) is 1.89. The Balaban J connectivity index is 2.33. The summed E-state index contributed by atoms with van der Waals surface area (Å²) in [6.07, 6.45) is 6.45. The zero-order chi connectivity index (χ0) is 10.9. The maximum atomic E-state index is 3.41. The van der Waals surface area contributed by atoms with Gasteiger partial charge in [0.25, 0.3) is 0 Å². The normalized spacial score (nSPS) is 12.7. The third kappa shape index (κ3) is 4.98. The van der Waals surface area contributed by atoms with Crippen molar-refractivity contribution in [3.63, 3.8) is 0 Å². The average Bonchev–Trinajstić information content (AvgIpc) is 2.29. The molecular weight excluding hydrogens is 182 g/mol. The molecular formula is C14H23N. The molecule has 0 radical (unpaired) electrons. The van der Waals surface area contributed by atoms with E-state index in [1.165, 1.54) is 31.2 Å². The molecule has 0 bridgehead atoms. The van der Waals surface area contributed by atoms with Crippen LogP contribution < -0.4 is 5.32 Å².